The van der Waals surface area contributed by atoms with Crippen molar-refractivity contribution >= 4 is 29.4 Å². The van der Waals surface area contributed by atoms with Crippen LogP contribution in [0.4, 0.5) is 51.7 Å². The second-order valence-electron chi connectivity index (χ2n) is 10.5. The number of nitrogens with one attached hydrogen (secondary N) is 2. The SMILES string of the molecule is Cn1cc(-c2cnc(N(C(=O)NCC(F)(F)F)[C@H]3CC[C@H](Nc4ncc(C(F)(F)F)c(-c5nn(C(F)F)cc5Cl)n4)CC3)cn2)cn1. The molecule has 2 N–H and O–H groups in total. The van der Waals surface area contributed by atoms with Gasteiger partial charge in [0, 0.05) is 37.1 Å². The van der Waals surface area contributed by atoms with Gasteiger partial charge in [0.25, 0.3) is 0 Å². The van der Waals surface area contributed by atoms with Crippen molar-refractivity contribution in [3.05, 3.63) is 47.8 Å². The summed E-state index contributed by atoms with van der Waals surface area (Å²) < 4.78 is 108. The number of alkyl halides is 8. The monoisotopic (exact) mass is 693 g/mol. The van der Waals surface area contributed by atoms with Crippen molar-refractivity contribution in [2.24, 2.45) is 7.05 Å². The summed E-state index contributed by atoms with van der Waals surface area (Å²) in [5.74, 6) is -0.264. The molecule has 1 aliphatic rings. The normalized spacial score (nSPS) is 17.2. The highest BCUT2D eigenvalue weighted by molar-refractivity contribution is 6.33. The summed E-state index contributed by atoms with van der Waals surface area (Å²) in [5.41, 5.74) is -1.73. The second kappa shape index (κ2) is 13.2. The molecule has 4 aromatic rings. The van der Waals surface area contributed by atoms with Gasteiger partial charge in [0.1, 0.15) is 23.5 Å². The molecule has 0 saturated heterocycles. The van der Waals surface area contributed by atoms with Crippen LogP contribution in [0.25, 0.3) is 22.6 Å². The standard InChI is InChI=1S/C26H24ClF8N11O/c1-44-10-13(6-40-44)18-8-37-19(9-36-18)46(24(47)39-12-25(30,31)32)15-4-2-14(3-5-15)41-23-38-7-16(26(33,34)35)20(42-23)21-17(27)11-45(43-21)22(28)29/h6-11,14-15,22H,2-5,12H2,1H3,(H,39,47)(H,38,41,42)/t14-,15-. The van der Waals surface area contributed by atoms with E-state index in [2.05, 4.69) is 35.5 Å². The Labute approximate surface area is 265 Å². The smallest absolute Gasteiger partial charge is 0.351 e. The Morgan fingerprint density at radius 1 is 1.00 bits per heavy atom. The van der Waals surface area contributed by atoms with Crippen LogP contribution in [-0.2, 0) is 13.2 Å². The van der Waals surface area contributed by atoms with Gasteiger partial charge >= 0.3 is 24.9 Å². The van der Waals surface area contributed by atoms with E-state index < -0.39 is 65.5 Å². The zero-order valence-electron chi connectivity index (χ0n) is 24.1. The van der Waals surface area contributed by atoms with Crippen LogP contribution in [0.2, 0.25) is 5.02 Å². The van der Waals surface area contributed by atoms with Crippen molar-refractivity contribution in [3.8, 4) is 22.6 Å². The molecule has 2 amide bonds. The highest BCUT2D eigenvalue weighted by Gasteiger charge is 2.38. The maximum atomic E-state index is 13.7. The van der Waals surface area contributed by atoms with Gasteiger partial charge in [-0.05, 0) is 25.7 Å². The van der Waals surface area contributed by atoms with E-state index in [1.54, 1.807) is 24.1 Å². The molecule has 1 fully saturated rings. The molecule has 4 aromatic heterocycles. The van der Waals surface area contributed by atoms with E-state index in [0.29, 0.717) is 23.7 Å². The van der Waals surface area contributed by atoms with Crippen molar-refractivity contribution in [3.63, 3.8) is 0 Å². The third-order valence-electron chi connectivity index (χ3n) is 7.15. The summed E-state index contributed by atoms with van der Waals surface area (Å²) in [6.45, 7) is -4.74. The fourth-order valence-electron chi connectivity index (χ4n) is 5.00. The third-order valence-corrected chi connectivity index (χ3v) is 7.42. The van der Waals surface area contributed by atoms with E-state index in [1.165, 1.54) is 12.4 Å². The Hall–Kier alpha value is -4.62. The quantitative estimate of drug-likeness (QED) is 0.212. The summed E-state index contributed by atoms with van der Waals surface area (Å²) >= 11 is 5.92. The number of aromatic nitrogens is 8. The van der Waals surface area contributed by atoms with Gasteiger partial charge in [-0.25, -0.2) is 24.4 Å². The van der Waals surface area contributed by atoms with Gasteiger partial charge in [-0.1, -0.05) is 11.6 Å². The zero-order valence-corrected chi connectivity index (χ0v) is 24.8. The van der Waals surface area contributed by atoms with Crippen LogP contribution in [0.3, 0.4) is 0 Å². The maximum Gasteiger partial charge on any atom is 0.420 e. The number of amides is 2. The van der Waals surface area contributed by atoms with Gasteiger partial charge in [-0.15, -0.1) is 0 Å². The number of carbonyl (C=O) groups is 1. The first-order valence-electron chi connectivity index (χ1n) is 13.8. The van der Waals surface area contributed by atoms with Gasteiger partial charge in [0.05, 0.1) is 35.5 Å². The molecule has 4 heterocycles. The summed E-state index contributed by atoms with van der Waals surface area (Å²) in [7, 11) is 1.70. The molecule has 47 heavy (non-hydrogen) atoms. The Balaban J connectivity index is 1.33. The molecule has 0 spiro atoms. The van der Waals surface area contributed by atoms with Crippen LogP contribution in [-0.4, -0.2) is 70.3 Å². The van der Waals surface area contributed by atoms with Crippen LogP contribution >= 0.6 is 11.6 Å². The minimum atomic E-state index is -4.96. The van der Waals surface area contributed by atoms with Crippen LogP contribution < -0.4 is 15.5 Å². The first kappa shape index (κ1) is 33.7. The Morgan fingerprint density at radius 3 is 2.28 bits per heavy atom. The summed E-state index contributed by atoms with van der Waals surface area (Å²) in [6, 6.07) is -2.11. The van der Waals surface area contributed by atoms with E-state index in [1.807, 2.05) is 5.32 Å². The first-order valence-corrected chi connectivity index (χ1v) is 14.2. The molecule has 0 aliphatic heterocycles. The van der Waals surface area contributed by atoms with E-state index in [0.717, 1.165) is 4.90 Å². The summed E-state index contributed by atoms with van der Waals surface area (Å²) in [6.07, 6.45) is -1.58. The van der Waals surface area contributed by atoms with E-state index >= 15 is 0 Å². The minimum absolute atomic E-state index is 0.00421. The molecule has 252 valence electrons. The van der Waals surface area contributed by atoms with Crippen molar-refractivity contribution in [2.45, 2.75) is 56.7 Å². The summed E-state index contributed by atoms with van der Waals surface area (Å²) in [4.78, 5) is 30.3. The van der Waals surface area contributed by atoms with Crippen LogP contribution in [0.15, 0.2) is 37.2 Å². The lowest BCUT2D eigenvalue weighted by Gasteiger charge is -2.36. The van der Waals surface area contributed by atoms with E-state index in [4.69, 9.17) is 11.6 Å². The number of hydrogen-bond acceptors (Lipinski definition) is 8. The van der Waals surface area contributed by atoms with Crippen LogP contribution in [0.1, 0.15) is 37.8 Å². The fourth-order valence-corrected chi connectivity index (χ4v) is 5.22. The molecule has 0 atom stereocenters. The molecule has 5 rings (SSSR count). The number of carbonyl (C=O) groups excluding carboxylic acids is 1. The lowest BCUT2D eigenvalue weighted by Crippen LogP contribution is -2.50. The van der Waals surface area contributed by atoms with Crippen molar-refractivity contribution < 1.29 is 39.9 Å². The van der Waals surface area contributed by atoms with Crippen molar-refractivity contribution in [1.29, 1.82) is 0 Å². The molecule has 21 heteroatoms. The first-order chi connectivity index (χ1) is 22.1. The lowest BCUT2D eigenvalue weighted by atomic mass is 9.90. The van der Waals surface area contributed by atoms with Gasteiger partial charge in [-0.3, -0.25) is 14.6 Å². The molecular formula is C26H24ClF8N11O. The molecule has 0 bridgehead atoms. The van der Waals surface area contributed by atoms with Gasteiger partial charge < -0.3 is 10.6 Å². The number of rotatable bonds is 8. The second-order valence-corrected chi connectivity index (χ2v) is 10.9. The molecule has 12 nitrogen and oxygen atoms in total. The molecule has 0 radical (unpaired) electrons. The number of halogens is 9. The Bertz CT molecular complexity index is 1700. The summed E-state index contributed by atoms with van der Waals surface area (Å²) in [5, 5.41) is 11.8. The minimum Gasteiger partial charge on any atom is -0.351 e. The molecule has 0 unspecified atom stereocenters. The maximum absolute atomic E-state index is 13.7. The highest BCUT2D eigenvalue weighted by atomic mass is 35.5. The average Bonchev–Trinajstić information content (AvgIpc) is 3.62. The van der Waals surface area contributed by atoms with E-state index in [-0.39, 0.29) is 42.1 Å². The predicted octanol–water partition coefficient (Wildman–Crippen LogP) is 6.10. The number of hydrogen-bond donors (Lipinski definition) is 2. The van der Waals surface area contributed by atoms with Gasteiger partial charge in [0.2, 0.25) is 5.95 Å². The van der Waals surface area contributed by atoms with E-state index in [9.17, 15) is 39.9 Å². The van der Waals surface area contributed by atoms with Gasteiger partial charge in [0.15, 0.2) is 5.82 Å². The highest BCUT2D eigenvalue weighted by Crippen LogP contribution is 2.38. The lowest BCUT2D eigenvalue weighted by molar-refractivity contribution is -0.137. The predicted molar refractivity (Wildman–Crippen MR) is 150 cm³/mol. The fraction of sp³-hybridized carbons (Fsp3) is 0.423. The molecule has 0 aromatic carbocycles. The molecule has 1 aliphatic carbocycles. The van der Waals surface area contributed by atoms with Crippen molar-refractivity contribution in [1.82, 2.24) is 44.8 Å². The third kappa shape index (κ3) is 8.03. The average molecular weight is 694 g/mol. The van der Waals surface area contributed by atoms with Crippen LogP contribution in [0.5, 0.6) is 0 Å². The largest absolute Gasteiger partial charge is 0.420 e. The number of nitrogens with zero attached hydrogens (tertiary/aromatic N) is 9. The molecule has 1 saturated carbocycles. The topological polar surface area (TPSA) is 132 Å². The zero-order chi connectivity index (χ0) is 34.1. The molecular weight excluding hydrogens is 670 g/mol. The number of urea groups is 1. The Kier molecular flexibility index (Phi) is 9.51. The number of anilines is 2. The van der Waals surface area contributed by atoms with Gasteiger partial charge in [-0.2, -0.15) is 45.3 Å². The van der Waals surface area contributed by atoms with Crippen molar-refractivity contribution in [2.75, 3.05) is 16.8 Å². The number of aryl methyl sites for hydroxylation is 1. The van der Waals surface area contributed by atoms with Crippen LogP contribution in [0, 0.1) is 0 Å². The Morgan fingerprint density at radius 2 is 1.72 bits per heavy atom.